The topological polar surface area (TPSA) is 73.4 Å². The van der Waals surface area contributed by atoms with E-state index in [0.717, 1.165) is 32.4 Å². The van der Waals surface area contributed by atoms with Crippen LogP contribution in [0.3, 0.4) is 0 Å². The van der Waals surface area contributed by atoms with Crippen molar-refractivity contribution < 1.29 is 0 Å². The first-order valence-corrected chi connectivity index (χ1v) is 10.0. The number of halogens is 2. The van der Waals surface area contributed by atoms with E-state index in [1.54, 1.807) is 12.1 Å². The molecule has 0 saturated carbocycles. The van der Waals surface area contributed by atoms with Crippen LogP contribution in [-0.4, -0.2) is 11.5 Å². The number of rotatable bonds is 5. The van der Waals surface area contributed by atoms with Crippen LogP contribution in [0.5, 0.6) is 0 Å². The summed E-state index contributed by atoms with van der Waals surface area (Å²) in [5.74, 6) is 0. The molecule has 0 aliphatic rings. The molecule has 0 bridgehead atoms. The van der Waals surface area contributed by atoms with Gasteiger partial charge in [-0.25, -0.2) is 4.98 Å². The number of azo groups is 1. The zero-order valence-corrected chi connectivity index (χ0v) is 16.8. The Morgan fingerprint density at radius 1 is 1.04 bits per heavy atom. The molecule has 1 N–H and O–H groups in total. The minimum absolute atomic E-state index is 0.446. The number of fused-ring (bicyclic) bond motifs is 2. The molecule has 5 nitrogen and oxygen atoms in total. The smallest absolute Gasteiger partial charge is 0.231 e. The van der Waals surface area contributed by atoms with Gasteiger partial charge in [-0.2, -0.15) is 5.26 Å². The summed E-state index contributed by atoms with van der Waals surface area (Å²) in [4.78, 5) is 4.45. The van der Waals surface area contributed by atoms with Gasteiger partial charge < -0.3 is 5.32 Å². The number of thiazole rings is 1. The van der Waals surface area contributed by atoms with E-state index < -0.39 is 0 Å². The van der Waals surface area contributed by atoms with Crippen molar-refractivity contribution in [3.05, 3.63) is 58.6 Å². The Morgan fingerprint density at radius 3 is 2.64 bits per heavy atom. The van der Waals surface area contributed by atoms with Gasteiger partial charge in [-0.1, -0.05) is 58.8 Å². The van der Waals surface area contributed by atoms with Crippen LogP contribution in [0.1, 0.15) is 6.42 Å². The van der Waals surface area contributed by atoms with Gasteiger partial charge in [0.25, 0.3) is 0 Å². The largest absolute Gasteiger partial charge is 0.384 e. The van der Waals surface area contributed by atoms with Crippen molar-refractivity contribution in [2.45, 2.75) is 6.42 Å². The lowest BCUT2D eigenvalue weighted by molar-refractivity contribution is 1.08. The van der Waals surface area contributed by atoms with E-state index in [9.17, 15) is 0 Å². The van der Waals surface area contributed by atoms with Crippen molar-refractivity contribution in [2.24, 2.45) is 10.2 Å². The van der Waals surface area contributed by atoms with Gasteiger partial charge in [0.05, 0.1) is 38.4 Å². The fourth-order valence-corrected chi connectivity index (χ4v) is 4.02. The number of aromatic nitrogens is 1. The number of anilines is 1. The van der Waals surface area contributed by atoms with E-state index in [4.69, 9.17) is 28.5 Å². The Morgan fingerprint density at radius 2 is 1.82 bits per heavy atom. The Labute approximate surface area is 175 Å². The summed E-state index contributed by atoms with van der Waals surface area (Å²) in [5, 5.41) is 24.2. The molecule has 4 rings (SSSR count). The maximum atomic E-state index is 8.73. The van der Waals surface area contributed by atoms with Gasteiger partial charge in [0.15, 0.2) is 0 Å². The predicted molar refractivity (Wildman–Crippen MR) is 116 cm³/mol. The highest BCUT2D eigenvalue weighted by atomic mass is 35.5. The second-order valence-electron chi connectivity index (χ2n) is 5.94. The minimum Gasteiger partial charge on any atom is -0.384 e. The van der Waals surface area contributed by atoms with Crippen molar-refractivity contribution in [3.8, 4) is 6.07 Å². The second-order valence-corrected chi connectivity index (χ2v) is 7.77. The van der Waals surface area contributed by atoms with Crippen molar-refractivity contribution >= 4 is 72.0 Å². The van der Waals surface area contributed by atoms with Gasteiger partial charge in [-0.15, -0.1) is 10.2 Å². The first-order chi connectivity index (χ1) is 13.7. The molecule has 0 saturated heterocycles. The van der Waals surface area contributed by atoms with Gasteiger partial charge in [0.1, 0.15) is 0 Å². The highest BCUT2D eigenvalue weighted by Crippen LogP contribution is 2.36. The molecule has 0 atom stereocenters. The van der Waals surface area contributed by atoms with E-state index in [-0.39, 0.29) is 0 Å². The third kappa shape index (κ3) is 3.78. The first kappa shape index (κ1) is 18.6. The van der Waals surface area contributed by atoms with E-state index in [1.165, 1.54) is 11.3 Å². The number of nitrogens with zero attached hydrogens (tertiary/aromatic N) is 4. The Kier molecular flexibility index (Phi) is 5.40. The molecular weight excluding hydrogens is 413 g/mol. The van der Waals surface area contributed by atoms with Crippen LogP contribution in [0.25, 0.3) is 21.0 Å². The monoisotopic (exact) mass is 425 g/mol. The number of nitriles is 1. The summed E-state index contributed by atoms with van der Waals surface area (Å²) >= 11 is 13.5. The number of benzene rings is 3. The summed E-state index contributed by atoms with van der Waals surface area (Å²) in [6.45, 7) is 0.595. The van der Waals surface area contributed by atoms with Crippen LogP contribution >= 0.6 is 34.5 Å². The van der Waals surface area contributed by atoms with E-state index in [2.05, 4.69) is 26.6 Å². The average molecular weight is 426 g/mol. The lowest BCUT2D eigenvalue weighted by atomic mass is 10.1. The van der Waals surface area contributed by atoms with E-state index >= 15 is 0 Å². The fourth-order valence-electron chi connectivity index (χ4n) is 2.83. The van der Waals surface area contributed by atoms with Crippen LogP contribution in [0.4, 0.5) is 16.5 Å². The van der Waals surface area contributed by atoms with Crippen molar-refractivity contribution in [2.75, 3.05) is 11.9 Å². The average Bonchev–Trinajstić information content (AvgIpc) is 3.09. The molecule has 0 unspecified atom stereocenters. The molecule has 8 heteroatoms. The van der Waals surface area contributed by atoms with Gasteiger partial charge in [0.2, 0.25) is 5.13 Å². The Bertz CT molecular complexity index is 1200. The van der Waals surface area contributed by atoms with Gasteiger partial charge >= 0.3 is 0 Å². The summed E-state index contributed by atoms with van der Waals surface area (Å²) in [5.41, 5.74) is 2.46. The van der Waals surface area contributed by atoms with Crippen molar-refractivity contribution in [1.82, 2.24) is 4.98 Å². The number of hydrogen-bond donors (Lipinski definition) is 1. The van der Waals surface area contributed by atoms with Crippen molar-refractivity contribution in [3.63, 3.8) is 0 Å². The molecule has 28 heavy (non-hydrogen) atoms. The first-order valence-electron chi connectivity index (χ1n) is 8.45. The molecule has 138 valence electrons. The maximum absolute atomic E-state index is 8.73. The minimum atomic E-state index is 0.446. The Hall–Kier alpha value is -2.72. The highest BCUT2D eigenvalue weighted by Gasteiger charge is 2.08. The lowest BCUT2D eigenvalue weighted by Crippen LogP contribution is -2.00. The molecule has 4 aromatic rings. The maximum Gasteiger partial charge on any atom is 0.231 e. The molecule has 3 aromatic carbocycles. The van der Waals surface area contributed by atoms with Crippen molar-refractivity contribution in [1.29, 1.82) is 5.26 Å². The Balaban J connectivity index is 1.68. The lowest BCUT2D eigenvalue weighted by Gasteiger charge is -2.09. The van der Waals surface area contributed by atoms with Gasteiger partial charge in [-0.05, 0) is 24.3 Å². The summed E-state index contributed by atoms with van der Waals surface area (Å²) in [7, 11) is 0. The van der Waals surface area contributed by atoms with Gasteiger partial charge in [0, 0.05) is 23.0 Å². The predicted octanol–water partition coefficient (Wildman–Crippen LogP) is 7.50. The second kappa shape index (κ2) is 8.11. The molecule has 1 aromatic heterocycles. The SMILES string of the molecule is N#CCCNc1ccc(N=Nc2nc3cc(Cl)c(Cl)cc3s2)c2ccccc12. The zero-order chi connectivity index (χ0) is 19.5. The summed E-state index contributed by atoms with van der Waals surface area (Å²) < 4.78 is 0.908. The molecule has 1 heterocycles. The fraction of sp³-hybridized carbons (Fsp3) is 0.100. The molecule has 0 radical (unpaired) electrons. The third-order valence-corrected chi connectivity index (χ3v) is 5.74. The van der Waals surface area contributed by atoms with Crippen LogP contribution in [0.2, 0.25) is 10.0 Å². The zero-order valence-electron chi connectivity index (χ0n) is 14.5. The number of hydrogen-bond acceptors (Lipinski definition) is 6. The highest BCUT2D eigenvalue weighted by molar-refractivity contribution is 7.22. The molecule has 0 aliphatic heterocycles. The number of nitrogens with one attached hydrogen (secondary N) is 1. The van der Waals surface area contributed by atoms with E-state index in [0.29, 0.717) is 28.1 Å². The van der Waals surface area contributed by atoms with Crippen LogP contribution in [0, 0.1) is 11.3 Å². The normalized spacial score (nSPS) is 11.3. The standard InChI is InChI=1S/C20H13Cl2N5S/c21-14-10-18-19(11-15(14)22)28-20(25-18)27-26-17-7-6-16(24-9-3-8-23)12-4-1-2-5-13(12)17/h1-2,4-7,10-11,24H,3,9H2. The molecule has 0 spiro atoms. The quantitative estimate of drug-likeness (QED) is 0.265. The van der Waals surface area contributed by atoms with Crippen LogP contribution in [-0.2, 0) is 0 Å². The van der Waals surface area contributed by atoms with Crippen LogP contribution in [0.15, 0.2) is 58.8 Å². The van der Waals surface area contributed by atoms with Gasteiger partial charge in [-0.3, -0.25) is 0 Å². The molecule has 0 amide bonds. The summed E-state index contributed by atoms with van der Waals surface area (Å²) in [6.07, 6.45) is 0.446. The molecule has 0 aliphatic carbocycles. The van der Waals surface area contributed by atoms with Crippen LogP contribution < -0.4 is 5.32 Å². The molecular formula is C20H13Cl2N5S. The molecule has 0 fully saturated rings. The third-order valence-electron chi connectivity index (χ3n) is 4.12. The van der Waals surface area contributed by atoms with E-state index in [1.807, 2.05) is 36.4 Å². The summed E-state index contributed by atoms with van der Waals surface area (Å²) in [6, 6.07) is 17.5.